The van der Waals surface area contributed by atoms with E-state index >= 15 is 0 Å². The van der Waals surface area contributed by atoms with E-state index in [-0.39, 0.29) is 10.6 Å². The van der Waals surface area contributed by atoms with E-state index in [0.29, 0.717) is 22.7 Å². The minimum atomic E-state index is -3.90. The van der Waals surface area contributed by atoms with E-state index in [0.717, 1.165) is 16.7 Å². The Morgan fingerprint density at radius 3 is 2.44 bits per heavy atom. The molecule has 0 bridgehead atoms. The van der Waals surface area contributed by atoms with Crippen LogP contribution >= 0.6 is 11.6 Å². The van der Waals surface area contributed by atoms with Crippen molar-refractivity contribution < 1.29 is 13.2 Å². The first-order valence-corrected chi connectivity index (χ1v) is 9.70. The second-order valence-corrected chi connectivity index (χ2v) is 8.14. The van der Waals surface area contributed by atoms with E-state index in [1.54, 1.807) is 19.9 Å². The summed E-state index contributed by atoms with van der Waals surface area (Å²) in [5, 5.41) is 0.374. The van der Waals surface area contributed by atoms with Gasteiger partial charge in [0.15, 0.2) is 0 Å². The van der Waals surface area contributed by atoms with Crippen LogP contribution in [0.2, 0.25) is 5.02 Å². The molecule has 0 unspecified atom stereocenters. The first-order valence-electron chi connectivity index (χ1n) is 7.88. The van der Waals surface area contributed by atoms with Crippen molar-refractivity contribution in [2.75, 3.05) is 6.61 Å². The molecule has 132 valence electrons. The molecule has 0 saturated carbocycles. The van der Waals surface area contributed by atoms with Crippen LogP contribution in [0.15, 0.2) is 35.5 Å². The summed E-state index contributed by atoms with van der Waals surface area (Å²) in [5.74, 6) is 0.287. The SMILES string of the molecule is CCOc1cc(C)c(Cl)cc1S(=O)(=O)n1cnc2cc(C)c(C)cc21. The van der Waals surface area contributed by atoms with Crippen LogP contribution in [-0.4, -0.2) is 24.0 Å². The number of benzene rings is 2. The van der Waals surface area contributed by atoms with Gasteiger partial charge in [-0.25, -0.2) is 17.4 Å². The van der Waals surface area contributed by atoms with E-state index < -0.39 is 10.0 Å². The number of fused-ring (bicyclic) bond motifs is 1. The summed E-state index contributed by atoms with van der Waals surface area (Å²) in [4.78, 5) is 4.27. The molecule has 5 nitrogen and oxygen atoms in total. The number of aryl methyl sites for hydroxylation is 3. The maximum absolute atomic E-state index is 13.2. The van der Waals surface area contributed by atoms with E-state index in [1.807, 2.05) is 26.0 Å². The van der Waals surface area contributed by atoms with Crippen molar-refractivity contribution >= 4 is 32.7 Å². The third-order valence-corrected chi connectivity index (χ3v) is 6.28. The lowest BCUT2D eigenvalue weighted by atomic mass is 10.1. The van der Waals surface area contributed by atoms with Crippen molar-refractivity contribution in [3.8, 4) is 5.75 Å². The Labute approximate surface area is 152 Å². The van der Waals surface area contributed by atoms with Gasteiger partial charge in [0, 0.05) is 5.02 Å². The molecule has 0 spiro atoms. The normalized spacial score (nSPS) is 11.9. The van der Waals surface area contributed by atoms with Crippen molar-refractivity contribution in [3.63, 3.8) is 0 Å². The van der Waals surface area contributed by atoms with E-state index in [1.165, 1.54) is 16.4 Å². The van der Waals surface area contributed by atoms with Crippen molar-refractivity contribution in [3.05, 3.63) is 52.3 Å². The Balaban J connectivity index is 2.27. The van der Waals surface area contributed by atoms with Gasteiger partial charge >= 0.3 is 0 Å². The van der Waals surface area contributed by atoms with Crippen molar-refractivity contribution in [2.45, 2.75) is 32.6 Å². The van der Waals surface area contributed by atoms with Gasteiger partial charge in [0.25, 0.3) is 10.0 Å². The van der Waals surface area contributed by atoms with Gasteiger partial charge in [-0.2, -0.15) is 0 Å². The summed E-state index contributed by atoms with van der Waals surface area (Å²) in [7, 11) is -3.90. The largest absolute Gasteiger partial charge is 0.492 e. The zero-order chi connectivity index (χ0) is 18.4. The zero-order valence-corrected chi connectivity index (χ0v) is 16.1. The predicted octanol–water partition coefficient (Wildman–Crippen LogP) is 4.25. The van der Waals surface area contributed by atoms with Crippen LogP contribution in [0.5, 0.6) is 5.75 Å². The van der Waals surface area contributed by atoms with Gasteiger partial charge < -0.3 is 4.74 Å². The lowest BCUT2D eigenvalue weighted by molar-refractivity contribution is 0.331. The molecule has 3 rings (SSSR count). The Kier molecular flexibility index (Phi) is 4.51. The molecule has 3 aromatic rings. The number of halogens is 1. The Bertz CT molecular complexity index is 1070. The molecular formula is C18H19ClN2O3S. The van der Waals surface area contributed by atoms with Gasteiger partial charge in [0.2, 0.25) is 0 Å². The van der Waals surface area contributed by atoms with Crippen LogP contribution in [0.25, 0.3) is 11.0 Å². The second kappa shape index (κ2) is 6.35. The molecule has 0 radical (unpaired) electrons. The summed E-state index contributed by atoms with van der Waals surface area (Å²) < 4.78 is 33.2. The molecule has 0 atom stereocenters. The van der Waals surface area contributed by atoms with Crippen LogP contribution in [0.1, 0.15) is 23.6 Å². The topological polar surface area (TPSA) is 61.2 Å². The smallest absolute Gasteiger partial charge is 0.273 e. The average Bonchev–Trinajstić information content (AvgIpc) is 2.94. The molecule has 0 amide bonds. The van der Waals surface area contributed by atoms with Gasteiger partial charge in [0.05, 0.1) is 17.6 Å². The summed E-state index contributed by atoms with van der Waals surface area (Å²) in [6.45, 7) is 7.87. The maximum Gasteiger partial charge on any atom is 0.273 e. The predicted molar refractivity (Wildman–Crippen MR) is 99.1 cm³/mol. The van der Waals surface area contributed by atoms with Gasteiger partial charge in [-0.05, 0) is 68.7 Å². The van der Waals surface area contributed by atoms with Crippen LogP contribution in [0, 0.1) is 20.8 Å². The molecule has 0 saturated heterocycles. The van der Waals surface area contributed by atoms with Gasteiger partial charge in [0.1, 0.15) is 17.0 Å². The number of aromatic nitrogens is 2. The molecule has 0 fully saturated rings. The van der Waals surface area contributed by atoms with Crippen molar-refractivity contribution in [1.82, 2.24) is 8.96 Å². The lowest BCUT2D eigenvalue weighted by Crippen LogP contribution is -2.14. The molecule has 7 heteroatoms. The molecule has 1 aromatic heterocycles. The van der Waals surface area contributed by atoms with Crippen LogP contribution < -0.4 is 4.74 Å². The summed E-state index contributed by atoms with van der Waals surface area (Å²) >= 11 is 6.17. The first-order chi connectivity index (χ1) is 11.8. The Morgan fingerprint density at radius 1 is 1.08 bits per heavy atom. The average molecular weight is 379 g/mol. The summed E-state index contributed by atoms with van der Waals surface area (Å²) in [6, 6.07) is 6.78. The number of imidazole rings is 1. The number of hydrogen-bond acceptors (Lipinski definition) is 4. The lowest BCUT2D eigenvalue weighted by Gasteiger charge is -2.14. The third kappa shape index (κ3) is 3.00. The van der Waals surface area contributed by atoms with Crippen LogP contribution in [-0.2, 0) is 10.0 Å². The quantitative estimate of drug-likeness (QED) is 0.680. The molecule has 25 heavy (non-hydrogen) atoms. The van der Waals surface area contributed by atoms with Gasteiger partial charge in [-0.1, -0.05) is 11.6 Å². The minimum Gasteiger partial charge on any atom is -0.492 e. The molecule has 0 aliphatic heterocycles. The first kappa shape index (κ1) is 17.8. The maximum atomic E-state index is 13.2. The van der Waals surface area contributed by atoms with Crippen LogP contribution in [0.3, 0.4) is 0 Å². The third-order valence-electron chi connectivity index (χ3n) is 4.19. The fourth-order valence-corrected chi connectivity index (χ4v) is 4.30. The number of nitrogens with zero attached hydrogens (tertiary/aromatic N) is 2. The highest BCUT2D eigenvalue weighted by Gasteiger charge is 2.25. The Morgan fingerprint density at radius 2 is 1.76 bits per heavy atom. The van der Waals surface area contributed by atoms with Gasteiger partial charge in [-0.15, -0.1) is 0 Å². The highest BCUT2D eigenvalue weighted by molar-refractivity contribution is 7.90. The van der Waals surface area contributed by atoms with E-state index in [4.69, 9.17) is 16.3 Å². The summed E-state index contributed by atoms with van der Waals surface area (Å²) in [6.07, 6.45) is 1.32. The Hall–Kier alpha value is -2.05. The second-order valence-electron chi connectivity index (χ2n) is 5.95. The van der Waals surface area contributed by atoms with E-state index in [9.17, 15) is 8.42 Å². The zero-order valence-electron chi connectivity index (χ0n) is 14.5. The van der Waals surface area contributed by atoms with Crippen LogP contribution in [0.4, 0.5) is 0 Å². The molecule has 0 aliphatic carbocycles. The molecule has 1 heterocycles. The molecular weight excluding hydrogens is 360 g/mol. The monoisotopic (exact) mass is 378 g/mol. The molecule has 0 N–H and O–H groups in total. The molecule has 0 aliphatic rings. The minimum absolute atomic E-state index is 0.0301. The number of rotatable bonds is 4. The number of ether oxygens (including phenoxy) is 1. The fraction of sp³-hybridized carbons (Fsp3) is 0.278. The molecule has 2 aromatic carbocycles. The number of hydrogen-bond donors (Lipinski definition) is 0. The highest BCUT2D eigenvalue weighted by Crippen LogP contribution is 2.33. The standard InChI is InChI=1S/C18H19ClN2O3S/c1-5-24-17-8-13(4)14(19)9-18(17)25(22,23)21-10-20-15-6-11(2)12(3)7-16(15)21/h6-10H,5H2,1-4H3. The summed E-state index contributed by atoms with van der Waals surface area (Å²) in [5.41, 5.74) is 3.97. The van der Waals surface area contributed by atoms with Crippen molar-refractivity contribution in [2.24, 2.45) is 0 Å². The fourth-order valence-electron chi connectivity index (χ4n) is 2.65. The van der Waals surface area contributed by atoms with Crippen molar-refractivity contribution in [1.29, 1.82) is 0 Å². The highest BCUT2D eigenvalue weighted by atomic mass is 35.5. The van der Waals surface area contributed by atoms with Gasteiger partial charge in [-0.3, -0.25) is 0 Å². The van der Waals surface area contributed by atoms with E-state index in [2.05, 4.69) is 4.98 Å².